The first-order valence-electron chi connectivity index (χ1n) is 8.39. The monoisotopic (exact) mass is 354 g/mol. The highest BCUT2D eigenvalue weighted by Crippen LogP contribution is 2.37. The molecule has 0 unspecified atom stereocenters. The van der Waals surface area contributed by atoms with Gasteiger partial charge in [-0.2, -0.15) is 0 Å². The molecule has 5 nitrogen and oxygen atoms in total. The first-order valence-corrected chi connectivity index (χ1v) is 10.0. The van der Waals surface area contributed by atoms with Crippen LogP contribution in [0.5, 0.6) is 5.75 Å². The zero-order valence-electron chi connectivity index (χ0n) is 15.4. The van der Waals surface area contributed by atoms with Crippen molar-refractivity contribution < 1.29 is 22.5 Å². The molecule has 0 spiro atoms. The summed E-state index contributed by atoms with van der Waals surface area (Å²) in [7, 11) is -3.97. The maximum absolute atomic E-state index is 12.2. The Labute approximate surface area is 145 Å². The van der Waals surface area contributed by atoms with Gasteiger partial charge >= 0.3 is 7.12 Å². The minimum Gasteiger partial charge on any atom is -0.494 e. The van der Waals surface area contributed by atoms with Crippen LogP contribution in [0.3, 0.4) is 0 Å². The molecule has 134 valence electrons. The van der Waals surface area contributed by atoms with Crippen LogP contribution in [0.25, 0.3) is 0 Å². The van der Waals surface area contributed by atoms with Gasteiger partial charge in [-0.1, -0.05) is 13.8 Å². The summed E-state index contributed by atoms with van der Waals surface area (Å²) in [5.74, 6) is 0.649. The summed E-state index contributed by atoms with van der Waals surface area (Å²) in [5.41, 5.74) is -0.379. The van der Waals surface area contributed by atoms with E-state index in [1.807, 2.05) is 34.6 Å². The van der Waals surface area contributed by atoms with Crippen molar-refractivity contribution >= 4 is 22.4 Å². The summed E-state index contributed by atoms with van der Waals surface area (Å²) in [6, 6.07) is 4.89. The summed E-state index contributed by atoms with van der Waals surface area (Å²) in [5, 5.41) is 0. The van der Waals surface area contributed by atoms with E-state index in [9.17, 15) is 8.42 Å². The largest absolute Gasteiger partial charge is 0.498 e. The molecular formula is C17H27BO5S. The van der Waals surface area contributed by atoms with Crippen molar-refractivity contribution in [3.63, 3.8) is 0 Å². The average Bonchev–Trinajstić information content (AvgIpc) is 2.73. The second-order valence-corrected chi connectivity index (χ2v) is 9.32. The molecule has 0 bridgehead atoms. The molecule has 0 amide bonds. The van der Waals surface area contributed by atoms with Crippen molar-refractivity contribution in [3.8, 4) is 5.75 Å². The predicted molar refractivity (Wildman–Crippen MR) is 95.7 cm³/mol. The second-order valence-electron chi connectivity index (χ2n) is 7.04. The second kappa shape index (κ2) is 6.69. The summed E-state index contributed by atoms with van der Waals surface area (Å²) in [4.78, 5) is 0.263. The molecule has 1 aliphatic rings. The Morgan fingerprint density at radius 3 is 2.17 bits per heavy atom. The van der Waals surface area contributed by atoms with Crippen LogP contribution in [0.1, 0.15) is 48.0 Å². The fourth-order valence-electron chi connectivity index (χ4n) is 2.38. The van der Waals surface area contributed by atoms with Gasteiger partial charge in [-0.25, -0.2) is 8.42 Å². The molecule has 0 aromatic heterocycles. The number of sulfone groups is 1. The Bertz CT molecular complexity index is 681. The summed E-state index contributed by atoms with van der Waals surface area (Å²) in [6.07, 6.45) is 0.859. The van der Waals surface area contributed by atoms with Crippen LogP contribution in [0.15, 0.2) is 23.1 Å². The molecule has 0 aliphatic carbocycles. The minimum atomic E-state index is -3.31. The molecule has 1 saturated heterocycles. The molecule has 1 heterocycles. The number of hydrogen-bond acceptors (Lipinski definition) is 5. The number of rotatable bonds is 6. The van der Waals surface area contributed by atoms with Gasteiger partial charge in [-0.15, -0.1) is 0 Å². The Hall–Kier alpha value is -1.05. The molecular weight excluding hydrogens is 327 g/mol. The SMILES string of the molecule is CCCOc1ccc(S(=O)(=O)CC)cc1B1OC(C)(C)C(C)(C)O1. The van der Waals surface area contributed by atoms with E-state index in [0.717, 1.165) is 6.42 Å². The average molecular weight is 354 g/mol. The molecule has 1 aromatic rings. The summed E-state index contributed by atoms with van der Waals surface area (Å²) in [6.45, 7) is 12.1. The van der Waals surface area contributed by atoms with Gasteiger partial charge in [0.1, 0.15) is 5.75 Å². The van der Waals surface area contributed by atoms with Crippen molar-refractivity contribution in [3.05, 3.63) is 18.2 Å². The van der Waals surface area contributed by atoms with Gasteiger partial charge in [-0.3, -0.25) is 0 Å². The van der Waals surface area contributed by atoms with Crippen LogP contribution in [0.2, 0.25) is 0 Å². The van der Waals surface area contributed by atoms with Gasteiger partial charge < -0.3 is 14.0 Å². The number of benzene rings is 1. The maximum Gasteiger partial charge on any atom is 0.498 e. The molecule has 0 atom stereocenters. The Kier molecular flexibility index (Phi) is 5.38. The van der Waals surface area contributed by atoms with Crippen LogP contribution in [0, 0.1) is 0 Å². The smallest absolute Gasteiger partial charge is 0.494 e. The number of hydrogen-bond donors (Lipinski definition) is 0. The van der Waals surface area contributed by atoms with Gasteiger partial charge in [0.25, 0.3) is 0 Å². The molecule has 24 heavy (non-hydrogen) atoms. The fourth-order valence-corrected chi connectivity index (χ4v) is 3.30. The van der Waals surface area contributed by atoms with Gasteiger partial charge in [0.05, 0.1) is 28.5 Å². The molecule has 2 rings (SSSR count). The minimum absolute atomic E-state index is 0.0466. The standard InChI is InChI=1S/C17H27BO5S/c1-7-11-21-15-10-9-13(24(19,20)8-2)12-14(15)18-22-16(3,4)17(5,6)23-18/h9-10,12H,7-8,11H2,1-6H3. The highest BCUT2D eigenvalue weighted by Gasteiger charge is 2.52. The third-order valence-corrected chi connectivity index (χ3v) is 6.42. The first kappa shape index (κ1) is 19.3. The molecule has 0 N–H and O–H groups in total. The van der Waals surface area contributed by atoms with E-state index in [1.165, 1.54) is 0 Å². The zero-order chi connectivity index (χ0) is 18.2. The predicted octanol–water partition coefficient (Wildman–Crippen LogP) is 2.57. The van der Waals surface area contributed by atoms with Crippen molar-refractivity contribution in [2.45, 2.75) is 64.1 Å². The van der Waals surface area contributed by atoms with Gasteiger partial charge in [0.2, 0.25) is 0 Å². The zero-order valence-corrected chi connectivity index (χ0v) is 16.2. The molecule has 0 saturated carbocycles. The van der Waals surface area contributed by atoms with Crippen LogP contribution in [-0.4, -0.2) is 39.1 Å². The van der Waals surface area contributed by atoms with Crippen LogP contribution < -0.4 is 10.2 Å². The van der Waals surface area contributed by atoms with Crippen LogP contribution >= 0.6 is 0 Å². The van der Waals surface area contributed by atoms with Gasteiger partial charge in [-0.05, 0) is 52.3 Å². The fraction of sp³-hybridized carbons (Fsp3) is 0.647. The van der Waals surface area contributed by atoms with E-state index >= 15 is 0 Å². The van der Waals surface area contributed by atoms with E-state index in [2.05, 4.69) is 0 Å². The highest BCUT2D eigenvalue weighted by atomic mass is 32.2. The Balaban J connectivity index is 2.47. The molecule has 0 radical (unpaired) electrons. The Morgan fingerprint density at radius 2 is 1.67 bits per heavy atom. The van der Waals surface area contributed by atoms with Crippen molar-refractivity contribution in [1.29, 1.82) is 0 Å². The lowest BCUT2D eigenvalue weighted by Crippen LogP contribution is -2.41. The molecule has 1 aliphatic heterocycles. The summed E-state index contributed by atoms with van der Waals surface area (Å²) >= 11 is 0. The van der Waals surface area contributed by atoms with Crippen LogP contribution in [-0.2, 0) is 19.1 Å². The van der Waals surface area contributed by atoms with Gasteiger partial charge in [0, 0.05) is 5.46 Å². The van der Waals surface area contributed by atoms with E-state index in [-0.39, 0.29) is 10.6 Å². The first-order chi connectivity index (χ1) is 11.0. The van der Waals surface area contributed by atoms with Crippen molar-refractivity contribution in [2.75, 3.05) is 12.4 Å². The van der Waals surface area contributed by atoms with Crippen molar-refractivity contribution in [1.82, 2.24) is 0 Å². The summed E-state index contributed by atoms with van der Waals surface area (Å²) < 4.78 is 42.4. The molecule has 7 heteroatoms. The van der Waals surface area contributed by atoms with E-state index in [1.54, 1.807) is 25.1 Å². The van der Waals surface area contributed by atoms with E-state index in [0.29, 0.717) is 17.8 Å². The lowest BCUT2D eigenvalue weighted by Gasteiger charge is -2.32. The van der Waals surface area contributed by atoms with Crippen molar-refractivity contribution in [2.24, 2.45) is 0 Å². The lowest BCUT2D eigenvalue weighted by atomic mass is 9.78. The topological polar surface area (TPSA) is 61.8 Å². The van der Waals surface area contributed by atoms with Gasteiger partial charge in [0.15, 0.2) is 9.84 Å². The van der Waals surface area contributed by atoms with Crippen LogP contribution in [0.4, 0.5) is 0 Å². The lowest BCUT2D eigenvalue weighted by molar-refractivity contribution is 0.00578. The Morgan fingerprint density at radius 1 is 1.08 bits per heavy atom. The number of ether oxygens (including phenoxy) is 1. The highest BCUT2D eigenvalue weighted by molar-refractivity contribution is 7.91. The quantitative estimate of drug-likeness (QED) is 0.735. The normalized spacial score (nSPS) is 19.5. The van der Waals surface area contributed by atoms with E-state index < -0.39 is 28.2 Å². The van der Waals surface area contributed by atoms with E-state index in [4.69, 9.17) is 14.0 Å². The third-order valence-electron chi connectivity index (χ3n) is 4.69. The molecule has 1 aromatic carbocycles. The maximum atomic E-state index is 12.2. The third kappa shape index (κ3) is 3.63. The molecule has 1 fully saturated rings.